The molecule has 0 bridgehead atoms. The van der Waals surface area contributed by atoms with Crippen molar-refractivity contribution in [1.29, 1.82) is 0 Å². The van der Waals surface area contributed by atoms with Crippen LogP contribution < -0.4 is 10.2 Å². The molecule has 0 aliphatic rings. The van der Waals surface area contributed by atoms with Gasteiger partial charge in [0, 0.05) is 11.4 Å². The Kier molecular flexibility index (Phi) is 8.44. The van der Waals surface area contributed by atoms with Crippen LogP contribution in [0.1, 0.15) is 22.5 Å². The Morgan fingerprint density at radius 3 is 2.50 bits per heavy atom. The lowest BCUT2D eigenvalue weighted by molar-refractivity contribution is -0.118. The molecular formula is C22H19Cl2FN4O2S. The fourth-order valence-electron chi connectivity index (χ4n) is 2.67. The van der Waals surface area contributed by atoms with E-state index in [0.717, 1.165) is 11.4 Å². The number of hydrazone groups is 1. The number of nitrogens with one attached hydrogen (secondary N) is 1. The van der Waals surface area contributed by atoms with Gasteiger partial charge in [-0.1, -0.05) is 47.1 Å². The predicted molar refractivity (Wildman–Crippen MR) is 125 cm³/mol. The molecule has 3 aromatic rings. The van der Waals surface area contributed by atoms with E-state index in [9.17, 15) is 9.18 Å². The molecule has 1 heterocycles. The minimum Gasteiger partial charge on any atom is -0.486 e. The van der Waals surface area contributed by atoms with Crippen molar-refractivity contribution >= 4 is 47.1 Å². The summed E-state index contributed by atoms with van der Waals surface area (Å²) in [7, 11) is 0. The van der Waals surface area contributed by atoms with Gasteiger partial charge in [-0.3, -0.25) is 4.79 Å². The second-order valence-electron chi connectivity index (χ2n) is 6.75. The Bertz CT molecular complexity index is 1120. The van der Waals surface area contributed by atoms with Gasteiger partial charge in [0.25, 0.3) is 5.91 Å². The van der Waals surface area contributed by atoms with Gasteiger partial charge in [-0.05, 0) is 55.3 Å². The lowest BCUT2D eigenvalue weighted by atomic mass is 10.2. The molecule has 0 fully saturated rings. The summed E-state index contributed by atoms with van der Waals surface area (Å²) in [6, 6.07) is 11.1. The van der Waals surface area contributed by atoms with E-state index in [2.05, 4.69) is 20.5 Å². The van der Waals surface area contributed by atoms with Gasteiger partial charge < -0.3 is 4.74 Å². The van der Waals surface area contributed by atoms with E-state index in [1.54, 1.807) is 24.3 Å². The van der Waals surface area contributed by atoms with Gasteiger partial charge in [-0.25, -0.2) is 19.8 Å². The zero-order chi connectivity index (χ0) is 23.1. The number of carbonyl (C=O) groups excluding carboxylic acids is 1. The van der Waals surface area contributed by atoms with Crippen LogP contribution in [0.15, 0.2) is 52.7 Å². The Labute approximate surface area is 199 Å². The Morgan fingerprint density at radius 2 is 1.84 bits per heavy atom. The largest absolute Gasteiger partial charge is 0.486 e. The SMILES string of the molecule is Cc1cc(C)nc(SCC(=O)N/N=C\c2cc(Cl)c(OCc3cccc(F)c3)c(Cl)c2)n1. The van der Waals surface area contributed by atoms with Crippen LogP contribution in [0.4, 0.5) is 4.39 Å². The number of hydrogen-bond acceptors (Lipinski definition) is 6. The number of halogens is 3. The zero-order valence-electron chi connectivity index (χ0n) is 17.2. The maximum absolute atomic E-state index is 13.3. The molecule has 0 aliphatic heterocycles. The van der Waals surface area contributed by atoms with Crippen molar-refractivity contribution < 1.29 is 13.9 Å². The molecule has 0 aliphatic carbocycles. The molecule has 32 heavy (non-hydrogen) atoms. The summed E-state index contributed by atoms with van der Waals surface area (Å²) in [6.45, 7) is 3.86. The second kappa shape index (κ2) is 11.3. The molecule has 1 N–H and O–H groups in total. The van der Waals surface area contributed by atoms with Gasteiger partial charge >= 0.3 is 0 Å². The molecule has 0 spiro atoms. The second-order valence-corrected chi connectivity index (χ2v) is 8.50. The Hall–Kier alpha value is -2.68. The molecule has 0 atom stereocenters. The van der Waals surface area contributed by atoms with E-state index in [4.69, 9.17) is 27.9 Å². The molecule has 0 saturated carbocycles. The molecular weight excluding hydrogens is 474 g/mol. The summed E-state index contributed by atoms with van der Waals surface area (Å²) >= 11 is 13.8. The van der Waals surface area contributed by atoms with Crippen molar-refractivity contribution in [2.24, 2.45) is 5.10 Å². The van der Waals surface area contributed by atoms with E-state index in [0.29, 0.717) is 16.3 Å². The molecule has 6 nitrogen and oxygen atoms in total. The minimum absolute atomic E-state index is 0.114. The molecule has 1 aromatic heterocycles. The topological polar surface area (TPSA) is 76.5 Å². The first-order valence-electron chi connectivity index (χ1n) is 9.43. The van der Waals surface area contributed by atoms with Crippen LogP contribution >= 0.6 is 35.0 Å². The number of benzene rings is 2. The summed E-state index contributed by atoms with van der Waals surface area (Å²) in [5.41, 5.74) is 5.34. The minimum atomic E-state index is -0.350. The highest BCUT2D eigenvalue weighted by atomic mass is 35.5. The third-order valence-corrected chi connectivity index (χ3v) is 5.40. The van der Waals surface area contributed by atoms with Crippen molar-refractivity contribution in [3.8, 4) is 5.75 Å². The van der Waals surface area contributed by atoms with E-state index >= 15 is 0 Å². The number of hydrogen-bond donors (Lipinski definition) is 1. The highest BCUT2D eigenvalue weighted by Crippen LogP contribution is 2.34. The fraction of sp³-hybridized carbons (Fsp3) is 0.182. The maximum atomic E-state index is 13.3. The quantitative estimate of drug-likeness (QED) is 0.198. The first-order chi connectivity index (χ1) is 15.3. The molecule has 166 valence electrons. The number of amides is 1. The average Bonchev–Trinajstić information content (AvgIpc) is 2.71. The number of ether oxygens (including phenoxy) is 1. The summed E-state index contributed by atoms with van der Waals surface area (Å²) in [6.07, 6.45) is 1.42. The van der Waals surface area contributed by atoms with Crippen LogP contribution in [0.5, 0.6) is 5.75 Å². The van der Waals surface area contributed by atoms with Gasteiger partial charge in [-0.15, -0.1) is 0 Å². The average molecular weight is 493 g/mol. The van der Waals surface area contributed by atoms with Crippen LogP contribution in [0.25, 0.3) is 0 Å². The molecule has 10 heteroatoms. The van der Waals surface area contributed by atoms with Gasteiger partial charge in [0.2, 0.25) is 0 Å². The van der Waals surface area contributed by atoms with Crippen molar-refractivity contribution in [2.75, 3.05) is 5.75 Å². The van der Waals surface area contributed by atoms with E-state index < -0.39 is 0 Å². The first kappa shape index (κ1) is 24.0. The van der Waals surface area contributed by atoms with E-state index in [-0.39, 0.29) is 39.9 Å². The van der Waals surface area contributed by atoms with E-state index in [1.165, 1.54) is 30.1 Å². The third-order valence-electron chi connectivity index (χ3n) is 3.99. The number of aryl methyl sites for hydroxylation is 2. The molecule has 2 aromatic carbocycles. The number of nitrogens with zero attached hydrogens (tertiary/aromatic N) is 3. The zero-order valence-corrected chi connectivity index (χ0v) is 19.6. The summed E-state index contributed by atoms with van der Waals surface area (Å²) in [4.78, 5) is 20.6. The molecule has 0 unspecified atom stereocenters. The summed E-state index contributed by atoms with van der Waals surface area (Å²) in [5, 5.41) is 5.00. The summed E-state index contributed by atoms with van der Waals surface area (Å²) < 4.78 is 18.9. The number of rotatable bonds is 8. The lowest BCUT2D eigenvalue weighted by Gasteiger charge is -2.11. The van der Waals surface area contributed by atoms with Crippen LogP contribution in [0, 0.1) is 19.7 Å². The Balaban J connectivity index is 1.54. The molecule has 3 rings (SSSR count). The molecule has 0 radical (unpaired) electrons. The fourth-order valence-corrected chi connectivity index (χ4v) is 4.03. The molecule has 1 amide bonds. The van der Waals surface area contributed by atoms with Crippen molar-refractivity contribution in [1.82, 2.24) is 15.4 Å². The van der Waals surface area contributed by atoms with Gasteiger partial charge in [0.15, 0.2) is 10.9 Å². The first-order valence-corrected chi connectivity index (χ1v) is 11.2. The number of carbonyl (C=O) groups is 1. The van der Waals surface area contributed by atoms with Crippen LogP contribution in [-0.4, -0.2) is 27.8 Å². The standard InChI is InChI=1S/C22H19Cl2FN4O2S/c1-13-6-14(2)28-22(27-13)32-12-20(30)29-26-10-16-8-18(23)21(19(24)9-16)31-11-15-4-3-5-17(25)7-15/h3-10H,11-12H2,1-2H3,(H,29,30)/b26-10-. The smallest absolute Gasteiger partial charge is 0.250 e. The molecule has 0 saturated heterocycles. The van der Waals surface area contributed by atoms with Crippen LogP contribution in [0.3, 0.4) is 0 Å². The van der Waals surface area contributed by atoms with Crippen molar-refractivity contribution in [2.45, 2.75) is 25.6 Å². The summed E-state index contributed by atoms with van der Waals surface area (Å²) in [5.74, 6) is -0.254. The maximum Gasteiger partial charge on any atom is 0.250 e. The third kappa shape index (κ3) is 7.19. The van der Waals surface area contributed by atoms with Crippen LogP contribution in [-0.2, 0) is 11.4 Å². The number of aromatic nitrogens is 2. The monoisotopic (exact) mass is 492 g/mol. The van der Waals surface area contributed by atoms with Gasteiger partial charge in [0.1, 0.15) is 12.4 Å². The Morgan fingerprint density at radius 1 is 1.16 bits per heavy atom. The highest BCUT2D eigenvalue weighted by Gasteiger charge is 2.10. The van der Waals surface area contributed by atoms with E-state index in [1.807, 2.05) is 19.9 Å². The number of thioether (sulfide) groups is 1. The van der Waals surface area contributed by atoms with Gasteiger partial charge in [0.05, 0.1) is 22.0 Å². The van der Waals surface area contributed by atoms with Crippen LogP contribution in [0.2, 0.25) is 10.0 Å². The van der Waals surface area contributed by atoms with Crippen molar-refractivity contribution in [3.63, 3.8) is 0 Å². The predicted octanol–water partition coefficient (Wildman–Crippen LogP) is 5.36. The van der Waals surface area contributed by atoms with Crippen molar-refractivity contribution in [3.05, 3.63) is 80.8 Å². The normalized spacial score (nSPS) is 11.0. The highest BCUT2D eigenvalue weighted by molar-refractivity contribution is 7.99. The lowest BCUT2D eigenvalue weighted by Crippen LogP contribution is -2.19. The van der Waals surface area contributed by atoms with Gasteiger partial charge in [-0.2, -0.15) is 5.10 Å².